The van der Waals surface area contributed by atoms with Crippen LogP contribution in [0.3, 0.4) is 0 Å². The second kappa shape index (κ2) is 7.61. The lowest BCUT2D eigenvalue weighted by molar-refractivity contribution is 0.369. The summed E-state index contributed by atoms with van der Waals surface area (Å²) < 4.78 is 1.08. The molecule has 0 amide bonds. The van der Waals surface area contributed by atoms with E-state index in [2.05, 4.69) is 56.1 Å². The number of halogens is 1. The number of rotatable bonds is 3. The third-order valence-corrected chi connectivity index (χ3v) is 4.61. The average Bonchev–Trinajstić information content (AvgIpc) is 2.74. The highest BCUT2D eigenvalue weighted by Gasteiger charge is 2.18. The van der Waals surface area contributed by atoms with E-state index in [1.165, 1.54) is 5.69 Å². The minimum atomic E-state index is 0.175. The third kappa shape index (κ3) is 3.99. The van der Waals surface area contributed by atoms with Gasteiger partial charge in [0.15, 0.2) is 0 Å². The van der Waals surface area contributed by atoms with E-state index >= 15 is 0 Å². The fourth-order valence-corrected chi connectivity index (χ4v) is 3.09. The smallest absolute Gasteiger partial charge is 0.116 e. The molecule has 1 fully saturated rings. The second-order valence-corrected chi connectivity index (χ2v) is 6.60. The molecule has 0 aromatic heterocycles. The van der Waals surface area contributed by atoms with Crippen LogP contribution in [-0.4, -0.2) is 36.1 Å². The van der Waals surface area contributed by atoms with Crippen LogP contribution in [0, 0.1) is 11.3 Å². The van der Waals surface area contributed by atoms with Crippen molar-refractivity contribution in [3.8, 4) is 6.07 Å². The van der Waals surface area contributed by atoms with E-state index in [0.717, 1.165) is 42.8 Å². The zero-order valence-electron chi connectivity index (χ0n) is 12.6. The molecule has 0 unspecified atom stereocenters. The minimum absolute atomic E-state index is 0.175. The molecule has 0 bridgehead atoms. The molecule has 1 aliphatic rings. The van der Waals surface area contributed by atoms with E-state index in [9.17, 15) is 5.26 Å². The van der Waals surface area contributed by atoms with Crippen molar-refractivity contribution in [1.82, 2.24) is 4.90 Å². The van der Waals surface area contributed by atoms with Crippen molar-refractivity contribution < 1.29 is 0 Å². The van der Waals surface area contributed by atoms with E-state index in [4.69, 9.17) is 18.0 Å². The van der Waals surface area contributed by atoms with E-state index in [1.54, 1.807) is 0 Å². The van der Waals surface area contributed by atoms with Crippen molar-refractivity contribution in [2.24, 2.45) is 5.73 Å². The SMILES string of the molecule is CC(=C(C#N)C(N)=S)N1CCCN(c2ccc(Br)cc2)CC1. The summed E-state index contributed by atoms with van der Waals surface area (Å²) in [5.74, 6) is 0. The van der Waals surface area contributed by atoms with E-state index in [0.29, 0.717) is 5.57 Å². The molecule has 1 heterocycles. The molecule has 0 saturated carbocycles. The number of hydrogen-bond donors (Lipinski definition) is 1. The fourth-order valence-electron chi connectivity index (χ4n) is 2.64. The molecule has 0 aliphatic carbocycles. The Bertz CT molecular complexity index is 618. The molecule has 0 atom stereocenters. The maximum Gasteiger partial charge on any atom is 0.116 e. The van der Waals surface area contributed by atoms with Gasteiger partial charge in [-0.1, -0.05) is 28.1 Å². The molecule has 1 aromatic carbocycles. The summed E-state index contributed by atoms with van der Waals surface area (Å²) in [6.45, 7) is 5.60. The zero-order chi connectivity index (χ0) is 16.1. The first kappa shape index (κ1) is 16.8. The molecular weight excluding hydrogens is 360 g/mol. The minimum Gasteiger partial charge on any atom is -0.389 e. The maximum absolute atomic E-state index is 9.21. The van der Waals surface area contributed by atoms with Gasteiger partial charge in [-0.2, -0.15) is 5.26 Å². The van der Waals surface area contributed by atoms with Crippen LogP contribution in [0.5, 0.6) is 0 Å². The summed E-state index contributed by atoms with van der Waals surface area (Å²) in [4.78, 5) is 4.75. The Hall–Kier alpha value is -1.58. The van der Waals surface area contributed by atoms with Crippen LogP contribution in [0.25, 0.3) is 0 Å². The van der Waals surface area contributed by atoms with Gasteiger partial charge in [-0.15, -0.1) is 0 Å². The van der Waals surface area contributed by atoms with Crippen LogP contribution >= 0.6 is 28.1 Å². The van der Waals surface area contributed by atoms with Crippen molar-refractivity contribution in [3.05, 3.63) is 40.0 Å². The number of nitriles is 1. The highest BCUT2D eigenvalue weighted by Crippen LogP contribution is 2.21. The standard InChI is InChI=1S/C16H19BrN4S/c1-12(15(11-18)16(19)22)20-7-2-8-21(10-9-20)14-5-3-13(17)4-6-14/h3-6H,2,7-10H2,1H3,(H2,19,22). The lowest BCUT2D eigenvalue weighted by Gasteiger charge is -2.26. The third-order valence-electron chi connectivity index (χ3n) is 3.88. The topological polar surface area (TPSA) is 56.3 Å². The van der Waals surface area contributed by atoms with Crippen LogP contribution in [0.2, 0.25) is 0 Å². The molecule has 0 spiro atoms. The maximum atomic E-state index is 9.21. The lowest BCUT2D eigenvalue weighted by Crippen LogP contribution is -2.31. The van der Waals surface area contributed by atoms with Crippen LogP contribution in [0.1, 0.15) is 13.3 Å². The average molecular weight is 379 g/mol. The Labute approximate surface area is 145 Å². The molecule has 1 saturated heterocycles. The van der Waals surface area contributed by atoms with Gasteiger partial charge >= 0.3 is 0 Å². The molecule has 1 aliphatic heterocycles. The van der Waals surface area contributed by atoms with Gasteiger partial charge in [0.05, 0.1) is 0 Å². The molecule has 22 heavy (non-hydrogen) atoms. The summed E-state index contributed by atoms with van der Waals surface area (Å²) in [6.07, 6.45) is 1.03. The number of nitrogens with two attached hydrogens (primary N) is 1. The summed E-state index contributed by atoms with van der Waals surface area (Å²) >= 11 is 8.43. The van der Waals surface area contributed by atoms with E-state index in [-0.39, 0.29) is 4.99 Å². The molecule has 6 heteroatoms. The predicted molar refractivity (Wildman–Crippen MR) is 97.6 cm³/mol. The van der Waals surface area contributed by atoms with Crippen LogP contribution < -0.4 is 10.6 Å². The van der Waals surface area contributed by atoms with Gasteiger partial charge in [0.1, 0.15) is 16.6 Å². The van der Waals surface area contributed by atoms with Crippen molar-refractivity contribution >= 4 is 38.8 Å². The lowest BCUT2D eigenvalue weighted by atomic mass is 10.2. The summed E-state index contributed by atoms with van der Waals surface area (Å²) in [5.41, 5.74) is 8.16. The first-order valence-corrected chi connectivity index (χ1v) is 8.39. The summed E-state index contributed by atoms with van der Waals surface area (Å²) in [7, 11) is 0. The quantitative estimate of drug-likeness (QED) is 0.497. The van der Waals surface area contributed by atoms with Gasteiger partial charge in [-0.25, -0.2) is 0 Å². The number of benzene rings is 1. The van der Waals surface area contributed by atoms with Gasteiger partial charge in [-0.05, 0) is 37.6 Å². The Balaban J connectivity index is 2.11. The largest absolute Gasteiger partial charge is 0.389 e. The number of nitrogens with zero attached hydrogens (tertiary/aromatic N) is 3. The summed E-state index contributed by atoms with van der Waals surface area (Å²) in [5, 5.41) is 9.21. The van der Waals surface area contributed by atoms with Gasteiger partial charge in [0.25, 0.3) is 0 Å². The van der Waals surface area contributed by atoms with Crippen LogP contribution in [0.4, 0.5) is 5.69 Å². The Kier molecular flexibility index (Phi) is 5.81. The highest BCUT2D eigenvalue weighted by molar-refractivity contribution is 9.10. The van der Waals surface area contributed by atoms with Gasteiger partial charge in [0.2, 0.25) is 0 Å². The van der Waals surface area contributed by atoms with E-state index in [1.807, 2.05) is 6.92 Å². The first-order chi connectivity index (χ1) is 10.5. The normalized spacial score (nSPS) is 16.6. The summed E-state index contributed by atoms with van der Waals surface area (Å²) in [6, 6.07) is 10.5. The zero-order valence-corrected chi connectivity index (χ0v) is 15.0. The highest BCUT2D eigenvalue weighted by atomic mass is 79.9. The molecular formula is C16H19BrN4S. The monoisotopic (exact) mass is 378 g/mol. The number of anilines is 1. The van der Waals surface area contributed by atoms with Crippen LogP contribution in [-0.2, 0) is 0 Å². The second-order valence-electron chi connectivity index (χ2n) is 5.24. The molecule has 116 valence electrons. The number of hydrogen-bond acceptors (Lipinski definition) is 4. The molecule has 2 N–H and O–H groups in total. The van der Waals surface area contributed by atoms with Crippen molar-refractivity contribution in [1.29, 1.82) is 5.26 Å². The molecule has 0 radical (unpaired) electrons. The van der Waals surface area contributed by atoms with Gasteiger partial charge in [-0.3, -0.25) is 0 Å². The number of thiocarbonyl (C=S) groups is 1. The van der Waals surface area contributed by atoms with Crippen LogP contribution in [0.15, 0.2) is 40.0 Å². The Morgan fingerprint density at radius 1 is 1.23 bits per heavy atom. The predicted octanol–water partition coefficient (Wildman–Crippen LogP) is 3.04. The Morgan fingerprint density at radius 2 is 1.91 bits per heavy atom. The number of allylic oxidation sites excluding steroid dienone is 1. The molecule has 1 aromatic rings. The Morgan fingerprint density at radius 3 is 2.50 bits per heavy atom. The van der Waals surface area contributed by atoms with Crippen molar-refractivity contribution in [2.45, 2.75) is 13.3 Å². The van der Waals surface area contributed by atoms with Gasteiger partial charge in [0, 0.05) is 42.0 Å². The fraction of sp³-hybridized carbons (Fsp3) is 0.375. The first-order valence-electron chi connectivity index (χ1n) is 7.19. The molecule has 2 rings (SSSR count). The van der Waals surface area contributed by atoms with Crippen molar-refractivity contribution in [3.63, 3.8) is 0 Å². The molecule has 4 nitrogen and oxygen atoms in total. The van der Waals surface area contributed by atoms with Crippen molar-refractivity contribution in [2.75, 3.05) is 31.1 Å². The van der Waals surface area contributed by atoms with E-state index < -0.39 is 0 Å². The van der Waals surface area contributed by atoms with Gasteiger partial charge < -0.3 is 15.5 Å².